The van der Waals surface area contributed by atoms with Crippen LogP contribution >= 0.6 is 15.9 Å². The summed E-state index contributed by atoms with van der Waals surface area (Å²) in [6.45, 7) is 1.85. The van der Waals surface area contributed by atoms with Crippen LogP contribution < -0.4 is 0 Å². The van der Waals surface area contributed by atoms with Crippen LogP contribution in [0.15, 0.2) is 27.8 Å². The Morgan fingerprint density at radius 2 is 2.20 bits per heavy atom. The molecule has 0 radical (unpaired) electrons. The lowest BCUT2D eigenvalue weighted by atomic mass is 10.2. The third-order valence-electron chi connectivity index (χ3n) is 1.27. The van der Waals surface area contributed by atoms with Gasteiger partial charge in [-0.15, -0.1) is 4.91 Å². The van der Waals surface area contributed by atoms with Crippen LogP contribution in [0.25, 0.3) is 0 Å². The van der Waals surface area contributed by atoms with Crippen LogP contribution in [0.1, 0.15) is 5.56 Å². The molecule has 0 saturated carbocycles. The lowest BCUT2D eigenvalue weighted by Crippen LogP contribution is -1.71. The van der Waals surface area contributed by atoms with E-state index in [1.54, 1.807) is 6.07 Å². The molecule has 0 aromatic heterocycles. The lowest BCUT2D eigenvalue weighted by Gasteiger charge is -1.94. The van der Waals surface area contributed by atoms with Crippen LogP contribution in [-0.2, 0) is 0 Å². The molecule has 0 spiro atoms. The van der Waals surface area contributed by atoms with E-state index < -0.39 is 0 Å². The van der Waals surface area contributed by atoms with Crippen molar-refractivity contribution in [1.82, 2.24) is 0 Å². The average molecular weight is 200 g/mol. The van der Waals surface area contributed by atoms with Gasteiger partial charge in [0.1, 0.15) is 5.69 Å². The van der Waals surface area contributed by atoms with Crippen molar-refractivity contribution in [3.63, 3.8) is 0 Å². The highest BCUT2D eigenvalue weighted by molar-refractivity contribution is 9.10. The van der Waals surface area contributed by atoms with Crippen molar-refractivity contribution in [2.45, 2.75) is 6.92 Å². The quantitative estimate of drug-likeness (QED) is 0.640. The fraction of sp³-hybridized carbons (Fsp3) is 0.143. The highest BCUT2D eigenvalue weighted by atomic mass is 79.9. The molecule has 0 saturated heterocycles. The summed E-state index contributed by atoms with van der Waals surface area (Å²) in [5, 5.41) is 2.85. The largest absolute Gasteiger partial charge is 0.145 e. The van der Waals surface area contributed by atoms with E-state index in [9.17, 15) is 4.91 Å². The van der Waals surface area contributed by atoms with Crippen LogP contribution in [0.2, 0.25) is 0 Å². The zero-order chi connectivity index (χ0) is 7.56. The summed E-state index contributed by atoms with van der Waals surface area (Å²) in [6.07, 6.45) is 0. The summed E-state index contributed by atoms with van der Waals surface area (Å²) in [5.74, 6) is 0. The third kappa shape index (κ3) is 1.42. The maximum atomic E-state index is 10.1. The van der Waals surface area contributed by atoms with Crippen LogP contribution in [0.4, 0.5) is 5.69 Å². The number of nitroso groups, excluding NO2 is 1. The molecular weight excluding hydrogens is 194 g/mol. The molecule has 1 aromatic carbocycles. The summed E-state index contributed by atoms with van der Waals surface area (Å²) in [4.78, 5) is 10.1. The Hall–Kier alpha value is -0.700. The molecular formula is C7H6BrNO. The van der Waals surface area contributed by atoms with Crippen molar-refractivity contribution in [2.75, 3.05) is 0 Å². The molecule has 0 heterocycles. The molecule has 0 aliphatic carbocycles. The first kappa shape index (κ1) is 7.41. The van der Waals surface area contributed by atoms with Crippen molar-refractivity contribution >= 4 is 21.6 Å². The minimum atomic E-state index is 0.495. The van der Waals surface area contributed by atoms with E-state index in [4.69, 9.17) is 0 Å². The summed E-state index contributed by atoms with van der Waals surface area (Å²) in [7, 11) is 0. The van der Waals surface area contributed by atoms with Crippen LogP contribution in [0.3, 0.4) is 0 Å². The van der Waals surface area contributed by atoms with Gasteiger partial charge < -0.3 is 0 Å². The first-order valence-corrected chi connectivity index (χ1v) is 3.63. The molecule has 2 nitrogen and oxygen atoms in total. The second-order valence-electron chi connectivity index (χ2n) is 2.02. The molecule has 0 unspecified atom stereocenters. The molecule has 0 atom stereocenters. The van der Waals surface area contributed by atoms with E-state index >= 15 is 0 Å². The summed E-state index contributed by atoms with van der Waals surface area (Å²) in [5.41, 5.74) is 1.40. The average Bonchev–Trinajstić information content (AvgIpc) is 1.94. The Morgan fingerprint density at radius 1 is 1.50 bits per heavy atom. The summed E-state index contributed by atoms with van der Waals surface area (Å²) >= 11 is 3.24. The highest BCUT2D eigenvalue weighted by Gasteiger charge is 1.96. The van der Waals surface area contributed by atoms with Gasteiger partial charge in [-0.1, -0.05) is 22.0 Å². The maximum Gasteiger partial charge on any atom is 0.112 e. The summed E-state index contributed by atoms with van der Waals surface area (Å²) in [6, 6.07) is 5.42. The molecule has 52 valence electrons. The van der Waals surface area contributed by atoms with Gasteiger partial charge in [0.2, 0.25) is 0 Å². The number of hydrogen-bond acceptors (Lipinski definition) is 2. The predicted molar refractivity (Wildman–Crippen MR) is 44.3 cm³/mol. The number of hydrogen-bond donors (Lipinski definition) is 0. The van der Waals surface area contributed by atoms with Gasteiger partial charge in [-0.25, -0.2) is 0 Å². The molecule has 0 bridgehead atoms. The normalized spacial score (nSPS) is 9.40. The SMILES string of the molecule is Cc1ccc(Br)cc1N=O. The number of halogens is 1. The molecule has 0 amide bonds. The molecule has 0 fully saturated rings. The van der Waals surface area contributed by atoms with E-state index in [1.165, 1.54) is 0 Å². The Balaban J connectivity index is 3.21. The standard InChI is InChI=1S/C7H6BrNO/c1-5-2-3-6(8)4-7(5)9-10/h2-4H,1H3. The van der Waals surface area contributed by atoms with Crippen LogP contribution in [0.5, 0.6) is 0 Å². The van der Waals surface area contributed by atoms with Gasteiger partial charge in [-0.2, -0.15) is 0 Å². The Bertz CT molecular complexity index is 260. The van der Waals surface area contributed by atoms with E-state index in [1.807, 2.05) is 19.1 Å². The van der Waals surface area contributed by atoms with Crippen molar-refractivity contribution in [3.8, 4) is 0 Å². The Kier molecular flexibility index (Phi) is 2.17. The lowest BCUT2D eigenvalue weighted by molar-refractivity contribution is 1.38. The monoisotopic (exact) mass is 199 g/mol. The maximum absolute atomic E-state index is 10.1. The number of benzene rings is 1. The van der Waals surface area contributed by atoms with Gasteiger partial charge in [0.25, 0.3) is 0 Å². The van der Waals surface area contributed by atoms with E-state index in [0.29, 0.717) is 5.69 Å². The second kappa shape index (κ2) is 2.92. The van der Waals surface area contributed by atoms with Gasteiger partial charge in [-0.3, -0.25) is 0 Å². The van der Waals surface area contributed by atoms with Crippen molar-refractivity contribution in [3.05, 3.63) is 33.1 Å². The zero-order valence-electron chi connectivity index (χ0n) is 5.47. The molecule has 10 heavy (non-hydrogen) atoms. The number of rotatable bonds is 1. The third-order valence-corrected chi connectivity index (χ3v) is 1.76. The van der Waals surface area contributed by atoms with Gasteiger partial charge in [0.05, 0.1) is 0 Å². The highest BCUT2D eigenvalue weighted by Crippen LogP contribution is 2.22. The predicted octanol–water partition coefficient (Wildman–Crippen LogP) is 3.16. The van der Waals surface area contributed by atoms with Gasteiger partial charge in [0.15, 0.2) is 0 Å². The Labute approximate surface area is 67.4 Å². The Morgan fingerprint density at radius 3 is 2.70 bits per heavy atom. The van der Waals surface area contributed by atoms with Gasteiger partial charge >= 0.3 is 0 Å². The molecule has 0 aliphatic heterocycles. The van der Waals surface area contributed by atoms with E-state index in [0.717, 1.165) is 10.0 Å². The van der Waals surface area contributed by atoms with E-state index in [2.05, 4.69) is 21.1 Å². The first-order chi connectivity index (χ1) is 4.74. The number of nitrogens with zero attached hydrogens (tertiary/aromatic N) is 1. The smallest absolute Gasteiger partial charge is 0.112 e. The first-order valence-electron chi connectivity index (χ1n) is 2.83. The molecule has 1 aromatic rings. The molecule has 3 heteroatoms. The fourth-order valence-electron chi connectivity index (χ4n) is 0.681. The summed E-state index contributed by atoms with van der Waals surface area (Å²) < 4.78 is 0.882. The number of aryl methyl sites for hydroxylation is 1. The second-order valence-corrected chi connectivity index (χ2v) is 2.94. The van der Waals surface area contributed by atoms with Crippen molar-refractivity contribution in [2.24, 2.45) is 5.18 Å². The van der Waals surface area contributed by atoms with Crippen LogP contribution in [0, 0.1) is 11.8 Å². The van der Waals surface area contributed by atoms with Crippen molar-refractivity contribution < 1.29 is 0 Å². The van der Waals surface area contributed by atoms with E-state index in [-0.39, 0.29) is 0 Å². The van der Waals surface area contributed by atoms with Gasteiger partial charge in [0, 0.05) is 4.47 Å². The minimum absolute atomic E-state index is 0.495. The topological polar surface area (TPSA) is 29.4 Å². The molecule has 0 N–H and O–H groups in total. The fourth-order valence-corrected chi connectivity index (χ4v) is 1.03. The zero-order valence-corrected chi connectivity index (χ0v) is 7.05. The van der Waals surface area contributed by atoms with Gasteiger partial charge in [-0.05, 0) is 29.8 Å². The van der Waals surface area contributed by atoms with Crippen LogP contribution in [-0.4, -0.2) is 0 Å². The minimum Gasteiger partial charge on any atom is -0.145 e. The molecule has 0 aliphatic rings. The van der Waals surface area contributed by atoms with Crippen molar-refractivity contribution in [1.29, 1.82) is 0 Å². The molecule has 1 rings (SSSR count).